The van der Waals surface area contributed by atoms with Gasteiger partial charge in [0.05, 0.1) is 6.10 Å². The second-order valence-corrected chi connectivity index (χ2v) is 5.89. The Balaban J connectivity index is 1.81. The van der Waals surface area contributed by atoms with Gasteiger partial charge in [-0.1, -0.05) is 42.8 Å². The molecule has 1 saturated heterocycles. The van der Waals surface area contributed by atoms with Gasteiger partial charge in [-0.05, 0) is 55.3 Å². The quantitative estimate of drug-likeness (QED) is 0.917. The van der Waals surface area contributed by atoms with Gasteiger partial charge in [-0.15, -0.1) is 0 Å². The second kappa shape index (κ2) is 5.94. The van der Waals surface area contributed by atoms with E-state index in [1.807, 2.05) is 6.07 Å². The van der Waals surface area contributed by atoms with Crippen molar-refractivity contribution >= 4 is 10.8 Å². The van der Waals surface area contributed by atoms with Crippen molar-refractivity contribution in [2.45, 2.75) is 38.3 Å². The highest BCUT2D eigenvalue weighted by Crippen LogP contribution is 2.26. The minimum Gasteiger partial charge on any atom is -0.387 e. The molecule has 1 N–H and O–H groups in total. The summed E-state index contributed by atoms with van der Waals surface area (Å²) in [4.78, 5) is 2.42. The molecular weight excluding hydrogens is 246 g/mol. The third-order valence-electron chi connectivity index (χ3n) is 4.54. The van der Waals surface area contributed by atoms with Gasteiger partial charge < -0.3 is 5.11 Å². The van der Waals surface area contributed by atoms with Gasteiger partial charge in [0, 0.05) is 6.04 Å². The average molecular weight is 269 g/mol. The SMILES string of the molecule is C[C@H]([C@@H](O)c1ccc2ccccc2c1)N1CCCCC1. The van der Waals surface area contributed by atoms with Crippen molar-refractivity contribution in [1.29, 1.82) is 0 Å². The molecule has 2 aromatic rings. The van der Waals surface area contributed by atoms with Crippen molar-refractivity contribution in [3.8, 4) is 0 Å². The third kappa shape index (κ3) is 2.72. The van der Waals surface area contributed by atoms with Crippen LogP contribution in [0.3, 0.4) is 0 Å². The maximum absolute atomic E-state index is 10.7. The highest BCUT2D eigenvalue weighted by atomic mass is 16.3. The van der Waals surface area contributed by atoms with E-state index in [1.54, 1.807) is 0 Å². The van der Waals surface area contributed by atoms with Crippen LogP contribution in [0.1, 0.15) is 37.9 Å². The first-order valence-electron chi connectivity index (χ1n) is 7.66. The van der Waals surface area contributed by atoms with Crippen molar-refractivity contribution in [3.63, 3.8) is 0 Å². The van der Waals surface area contributed by atoms with E-state index in [2.05, 4.69) is 48.2 Å². The number of likely N-dealkylation sites (tertiary alicyclic amines) is 1. The molecule has 20 heavy (non-hydrogen) atoms. The zero-order valence-corrected chi connectivity index (χ0v) is 12.1. The molecular formula is C18H23NO. The summed E-state index contributed by atoms with van der Waals surface area (Å²) in [5, 5.41) is 13.1. The first-order valence-corrected chi connectivity index (χ1v) is 7.66. The fraction of sp³-hybridized carbons (Fsp3) is 0.444. The number of piperidine rings is 1. The number of hydrogen-bond acceptors (Lipinski definition) is 2. The molecule has 0 aliphatic carbocycles. The Labute approximate surface area is 121 Å². The molecule has 2 atom stereocenters. The highest BCUT2D eigenvalue weighted by molar-refractivity contribution is 5.83. The van der Waals surface area contributed by atoms with Crippen molar-refractivity contribution < 1.29 is 5.11 Å². The van der Waals surface area contributed by atoms with Gasteiger partial charge >= 0.3 is 0 Å². The number of nitrogens with zero attached hydrogens (tertiary/aromatic N) is 1. The predicted molar refractivity (Wildman–Crippen MR) is 83.8 cm³/mol. The fourth-order valence-electron chi connectivity index (χ4n) is 3.20. The lowest BCUT2D eigenvalue weighted by molar-refractivity contribution is 0.0472. The molecule has 0 bridgehead atoms. The molecule has 3 rings (SSSR count). The number of benzene rings is 2. The highest BCUT2D eigenvalue weighted by Gasteiger charge is 2.24. The van der Waals surface area contributed by atoms with E-state index in [4.69, 9.17) is 0 Å². The molecule has 0 amide bonds. The van der Waals surface area contributed by atoms with Crippen LogP contribution < -0.4 is 0 Å². The largest absolute Gasteiger partial charge is 0.387 e. The summed E-state index contributed by atoms with van der Waals surface area (Å²) in [6, 6.07) is 14.8. The Kier molecular flexibility index (Phi) is 4.04. The van der Waals surface area contributed by atoms with Gasteiger partial charge in [0.15, 0.2) is 0 Å². The maximum Gasteiger partial charge on any atom is 0.0942 e. The number of aliphatic hydroxyl groups is 1. The molecule has 0 radical (unpaired) electrons. The molecule has 2 aromatic carbocycles. The third-order valence-corrected chi connectivity index (χ3v) is 4.54. The lowest BCUT2D eigenvalue weighted by atomic mass is 9.97. The Morgan fingerprint density at radius 2 is 1.65 bits per heavy atom. The van der Waals surface area contributed by atoms with E-state index in [0.717, 1.165) is 18.7 Å². The number of fused-ring (bicyclic) bond motifs is 1. The van der Waals surface area contributed by atoms with Gasteiger partial charge in [-0.3, -0.25) is 4.90 Å². The molecule has 0 aromatic heterocycles. The second-order valence-electron chi connectivity index (χ2n) is 5.89. The number of hydrogen-bond donors (Lipinski definition) is 1. The lowest BCUT2D eigenvalue weighted by Gasteiger charge is -2.35. The zero-order chi connectivity index (χ0) is 13.9. The van der Waals surface area contributed by atoms with Crippen LogP contribution >= 0.6 is 0 Å². The van der Waals surface area contributed by atoms with Gasteiger partial charge in [0.1, 0.15) is 0 Å². The van der Waals surface area contributed by atoms with Crippen LogP contribution in [0.25, 0.3) is 10.8 Å². The van der Waals surface area contributed by atoms with E-state index >= 15 is 0 Å². The van der Waals surface area contributed by atoms with Crippen molar-refractivity contribution in [2.75, 3.05) is 13.1 Å². The van der Waals surface area contributed by atoms with Crippen LogP contribution in [0.5, 0.6) is 0 Å². The first-order chi connectivity index (χ1) is 9.75. The van der Waals surface area contributed by atoms with E-state index in [-0.39, 0.29) is 6.04 Å². The minimum atomic E-state index is -0.405. The van der Waals surface area contributed by atoms with E-state index in [1.165, 1.54) is 30.0 Å². The van der Waals surface area contributed by atoms with E-state index in [9.17, 15) is 5.11 Å². The summed E-state index contributed by atoms with van der Waals surface area (Å²) in [6.45, 7) is 4.38. The predicted octanol–water partition coefficient (Wildman–Crippen LogP) is 3.75. The summed E-state index contributed by atoms with van der Waals surface area (Å²) in [6.07, 6.45) is 3.44. The van der Waals surface area contributed by atoms with E-state index in [0.29, 0.717) is 0 Å². The van der Waals surface area contributed by atoms with Crippen molar-refractivity contribution in [1.82, 2.24) is 4.90 Å². The first kappa shape index (κ1) is 13.6. The molecule has 2 nitrogen and oxygen atoms in total. The molecule has 1 aliphatic rings. The summed E-state index contributed by atoms with van der Waals surface area (Å²) in [7, 11) is 0. The monoisotopic (exact) mass is 269 g/mol. The molecule has 1 heterocycles. The van der Waals surface area contributed by atoms with Crippen LogP contribution in [-0.2, 0) is 0 Å². The molecule has 0 spiro atoms. The standard InChI is InChI=1S/C18H23NO/c1-14(19-11-5-2-6-12-19)18(20)17-10-9-15-7-3-4-8-16(15)13-17/h3-4,7-10,13-14,18,20H,2,5-6,11-12H2,1H3/t14-,18-/m1/s1. The Morgan fingerprint density at radius 3 is 2.40 bits per heavy atom. The Morgan fingerprint density at radius 1 is 0.950 bits per heavy atom. The summed E-state index contributed by atoms with van der Waals surface area (Å²) in [5.74, 6) is 0. The van der Waals surface area contributed by atoms with Gasteiger partial charge in [0.2, 0.25) is 0 Å². The molecule has 1 aliphatic heterocycles. The molecule has 106 valence electrons. The van der Waals surface area contributed by atoms with Crippen LogP contribution in [-0.4, -0.2) is 29.1 Å². The fourth-order valence-corrected chi connectivity index (χ4v) is 3.20. The topological polar surface area (TPSA) is 23.5 Å². The summed E-state index contributed by atoms with van der Waals surface area (Å²) < 4.78 is 0. The average Bonchev–Trinajstić information content (AvgIpc) is 2.54. The molecule has 1 fully saturated rings. The minimum absolute atomic E-state index is 0.191. The smallest absolute Gasteiger partial charge is 0.0942 e. The Hall–Kier alpha value is -1.38. The normalized spacial score (nSPS) is 19.9. The molecule has 0 saturated carbocycles. The number of rotatable bonds is 3. The number of aliphatic hydroxyl groups excluding tert-OH is 1. The van der Waals surface area contributed by atoms with Gasteiger partial charge in [-0.25, -0.2) is 0 Å². The molecule has 0 unspecified atom stereocenters. The van der Waals surface area contributed by atoms with E-state index < -0.39 is 6.10 Å². The van der Waals surface area contributed by atoms with Crippen LogP contribution in [0.4, 0.5) is 0 Å². The van der Waals surface area contributed by atoms with Crippen LogP contribution in [0, 0.1) is 0 Å². The summed E-state index contributed by atoms with van der Waals surface area (Å²) >= 11 is 0. The maximum atomic E-state index is 10.7. The van der Waals surface area contributed by atoms with Crippen molar-refractivity contribution in [2.24, 2.45) is 0 Å². The Bertz CT molecular complexity index is 574. The van der Waals surface area contributed by atoms with Gasteiger partial charge in [-0.2, -0.15) is 0 Å². The molecule has 2 heteroatoms. The van der Waals surface area contributed by atoms with Crippen LogP contribution in [0.2, 0.25) is 0 Å². The van der Waals surface area contributed by atoms with Crippen molar-refractivity contribution in [3.05, 3.63) is 48.0 Å². The lowest BCUT2D eigenvalue weighted by Crippen LogP contribution is -2.40. The zero-order valence-electron chi connectivity index (χ0n) is 12.1. The van der Waals surface area contributed by atoms with Gasteiger partial charge in [0.25, 0.3) is 0 Å². The van der Waals surface area contributed by atoms with Crippen LogP contribution in [0.15, 0.2) is 42.5 Å². The summed E-state index contributed by atoms with van der Waals surface area (Å²) in [5.41, 5.74) is 1.03.